The maximum atomic E-state index is 13.3. The number of carbonyl (C=O) groups excluding carboxylic acids is 1. The van der Waals surface area contributed by atoms with Crippen molar-refractivity contribution in [1.82, 2.24) is 5.32 Å². The van der Waals surface area contributed by atoms with Crippen LogP contribution in [0.5, 0.6) is 0 Å². The highest BCUT2D eigenvalue weighted by Gasteiger charge is 2.34. The number of sulfone groups is 1. The summed E-state index contributed by atoms with van der Waals surface area (Å²) in [7, 11) is -3.36. The minimum absolute atomic E-state index is 0.296. The molecule has 3 unspecified atom stereocenters. The van der Waals surface area contributed by atoms with E-state index in [1.165, 1.54) is 25.7 Å². The maximum absolute atomic E-state index is 13.3. The quantitative estimate of drug-likeness (QED) is 0.442. The summed E-state index contributed by atoms with van der Waals surface area (Å²) in [6, 6.07) is 16.0. The molecule has 2 aliphatic rings. The first-order valence-corrected chi connectivity index (χ1v) is 14.8. The molecule has 35 heavy (non-hydrogen) atoms. The van der Waals surface area contributed by atoms with Crippen LogP contribution in [0.15, 0.2) is 59.5 Å². The highest BCUT2D eigenvalue weighted by molar-refractivity contribution is 7.92. The van der Waals surface area contributed by atoms with Crippen LogP contribution in [0.4, 0.5) is 10.5 Å². The summed E-state index contributed by atoms with van der Waals surface area (Å²) in [5.74, 6) is 3.14. The largest absolute Gasteiger partial charge is 0.334 e. The molecule has 2 N–H and O–H groups in total. The molecule has 0 bridgehead atoms. The van der Waals surface area contributed by atoms with Crippen LogP contribution in [0.25, 0.3) is 0 Å². The van der Waals surface area contributed by atoms with Gasteiger partial charge in [0.1, 0.15) is 0 Å². The molecule has 2 aromatic rings. The van der Waals surface area contributed by atoms with Crippen LogP contribution in [0.3, 0.4) is 0 Å². The molecule has 2 aromatic carbocycles. The second-order valence-corrected chi connectivity index (χ2v) is 13.1. The lowest BCUT2D eigenvalue weighted by molar-refractivity contribution is 0.158. The standard InChI is InChI=1S/C29H40N2O3S/c1-21-8-11-25(22(2)18-21)19-23-9-14-27(15-10-23)35(33,34)28-16-12-26(13-17-28)31-29(32)30-20-24-6-4-3-5-7-24/h3-7,12-13,16-17,21-23,25,27H,8-11,14-15,18-20H2,1-2H3,(H2,30,31,32). The maximum Gasteiger partial charge on any atom is 0.319 e. The molecule has 5 nitrogen and oxygen atoms in total. The fraction of sp³-hybridized carbons (Fsp3) is 0.552. The highest BCUT2D eigenvalue weighted by Crippen LogP contribution is 2.41. The summed E-state index contributed by atoms with van der Waals surface area (Å²) in [5.41, 5.74) is 1.59. The van der Waals surface area contributed by atoms with Gasteiger partial charge in [0.15, 0.2) is 9.84 Å². The van der Waals surface area contributed by atoms with Crippen LogP contribution in [0.2, 0.25) is 0 Å². The summed E-state index contributed by atoms with van der Waals surface area (Å²) in [6.45, 7) is 5.20. The van der Waals surface area contributed by atoms with E-state index in [1.807, 2.05) is 30.3 Å². The Bertz CT molecular complexity index is 1060. The van der Waals surface area contributed by atoms with Gasteiger partial charge in [0.2, 0.25) is 0 Å². The van der Waals surface area contributed by atoms with E-state index in [4.69, 9.17) is 0 Å². The van der Waals surface area contributed by atoms with Crippen molar-refractivity contribution < 1.29 is 13.2 Å². The number of rotatable bonds is 7. The summed E-state index contributed by atoms with van der Waals surface area (Å²) in [6.07, 6.45) is 8.84. The molecule has 2 aliphatic carbocycles. The van der Waals surface area contributed by atoms with Crippen molar-refractivity contribution in [3.8, 4) is 0 Å². The van der Waals surface area contributed by atoms with Crippen LogP contribution in [0.1, 0.15) is 70.8 Å². The first-order chi connectivity index (χ1) is 16.8. The second-order valence-electron chi connectivity index (χ2n) is 10.9. The fourth-order valence-corrected chi connectivity index (χ4v) is 7.85. The lowest BCUT2D eigenvalue weighted by Gasteiger charge is -2.37. The number of amides is 2. The molecule has 6 heteroatoms. The van der Waals surface area contributed by atoms with Gasteiger partial charge < -0.3 is 10.6 Å². The van der Waals surface area contributed by atoms with Gasteiger partial charge in [0.05, 0.1) is 10.1 Å². The van der Waals surface area contributed by atoms with E-state index < -0.39 is 9.84 Å². The average molecular weight is 497 g/mol. The van der Waals surface area contributed by atoms with Gasteiger partial charge in [0, 0.05) is 12.2 Å². The number of urea groups is 1. The monoisotopic (exact) mass is 496 g/mol. The van der Waals surface area contributed by atoms with Crippen LogP contribution < -0.4 is 10.6 Å². The molecule has 0 saturated heterocycles. The van der Waals surface area contributed by atoms with Crippen molar-refractivity contribution in [2.24, 2.45) is 23.7 Å². The molecule has 4 rings (SSSR count). The first kappa shape index (κ1) is 25.7. The SMILES string of the molecule is CC1CCC(CC2CCC(S(=O)(=O)c3ccc(NC(=O)NCc4ccccc4)cc3)CC2)C(C)C1. The third-order valence-electron chi connectivity index (χ3n) is 8.21. The third kappa shape index (κ3) is 6.87. The van der Waals surface area contributed by atoms with Crippen LogP contribution in [-0.4, -0.2) is 19.7 Å². The molecule has 0 heterocycles. The molecule has 2 amide bonds. The first-order valence-electron chi connectivity index (χ1n) is 13.2. The van der Waals surface area contributed by atoms with Crippen LogP contribution in [-0.2, 0) is 16.4 Å². The van der Waals surface area contributed by atoms with Gasteiger partial charge >= 0.3 is 6.03 Å². The summed E-state index contributed by atoms with van der Waals surface area (Å²) in [5, 5.41) is 5.29. The third-order valence-corrected chi connectivity index (χ3v) is 10.5. The van der Waals surface area contributed by atoms with Gasteiger partial charge in [-0.05, 0) is 98.4 Å². The van der Waals surface area contributed by atoms with E-state index in [0.29, 0.717) is 23.0 Å². The molecule has 2 saturated carbocycles. The molecular formula is C29H40N2O3S. The summed E-state index contributed by atoms with van der Waals surface area (Å²) in [4.78, 5) is 12.5. The van der Waals surface area contributed by atoms with Crippen LogP contribution in [0, 0.1) is 23.7 Å². The van der Waals surface area contributed by atoms with E-state index >= 15 is 0 Å². The lowest BCUT2D eigenvalue weighted by Crippen LogP contribution is -2.30. The minimum atomic E-state index is -3.36. The zero-order valence-corrected chi connectivity index (χ0v) is 21.9. The van der Waals surface area contributed by atoms with Crippen LogP contribution >= 0.6 is 0 Å². The number of hydrogen-bond acceptors (Lipinski definition) is 3. The zero-order chi connectivity index (χ0) is 24.8. The van der Waals surface area contributed by atoms with Gasteiger partial charge in [-0.15, -0.1) is 0 Å². The van der Waals surface area contributed by atoms with Gasteiger partial charge in [-0.1, -0.05) is 50.6 Å². The topological polar surface area (TPSA) is 75.3 Å². The van der Waals surface area contributed by atoms with Gasteiger partial charge in [0.25, 0.3) is 0 Å². The van der Waals surface area contributed by atoms with Crippen molar-refractivity contribution in [2.75, 3.05) is 5.32 Å². The van der Waals surface area contributed by atoms with Crippen molar-refractivity contribution in [1.29, 1.82) is 0 Å². The smallest absolute Gasteiger partial charge is 0.319 e. The molecule has 0 aromatic heterocycles. The molecule has 190 valence electrons. The molecule has 3 atom stereocenters. The molecule has 0 radical (unpaired) electrons. The number of carbonyl (C=O) groups is 1. The lowest BCUT2D eigenvalue weighted by atomic mass is 9.70. The number of benzene rings is 2. The Morgan fingerprint density at radius 3 is 2.23 bits per heavy atom. The van der Waals surface area contributed by atoms with Gasteiger partial charge in [-0.3, -0.25) is 0 Å². The van der Waals surface area contributed by atoms with Gasteiger partial charge in [-0.25, -0.2) is 13.2 Å². The van der Waals surface area contributed by atoms with Gasteiger partial charge in [-0.2, -0.15) is 0 Å². The Labute approximate surface area is 211 Å². The van der Waals surface area contributed by atoms with Crippen molar-refractivity contribution in [3.05, 3.63) is 60.2 Å². The van der Waals surface area contributed by atoms with E-state index in [1.54, 1.807) is 24.3 Å². The predicted molar refractivity (Wildman–Crippen MR) is 142 cm³/mol. The number of hydrogen-bond donors (Lipinski definition) is 2. The van der Waals surface area contributed by atoms with Crippen molar-refractivity contribution in [2.45, 2.75) is 81.9 Å². The fourth-order valence-electron chi connectivity index (χ4n) is 6.06. The summed E-state index contributed by atoms with van der Waals surface area (Å²) < 4.78 is 26.5. The molecule has 0 spiro atoms. The van der Waals surface area contributed by atoms with Crippen molar-refractivity contribution >= 4 is 21.6 Å². The number of nitrogens with one attached hydrogen (secondary N) is 2. The summed E-state index contributed by atoms with van der Waals surface area (Å²) >= 11 is 0. The predicted octanol–water partition coefficient (Wildman–Crippen LogP) is 6.80. The number of anilines is 1. The Morgan fingerprint density at radius 2 is 1.57 bits per heavy atom. The van der Waals surface area contributed by atoms with E-state index in [-0.39, 0.29) is 11.3 Å². The van der Waals surface area contributed by atoms with E-state index in [2.05, 4.69) is 24.5 Å². The normalized spacial score (nSPS) is 27.2. The minimum Gasteiger partial charge on any atom is -0.334 e. The van der Waals surface area contributed by atoms with E-state index in [0.717, 1.165) is 49.0 Å². The molecular weight excluding hydrogens is 456 g/mol. The molecule has 2 fully saturated rings. The van der Waals surface area contributed by atoms with E-state index in [9.17, 15) is 13.2 Å². The Balaban J connectivity index is 1.26. The Kier molecular flexibility index (Phi) is 8.53. The Hall–Kier alpha value is -2.34. The van der Waals surface area contributed by atoms with Crippen molar-refractivity contribution in [3.63, 3.8) is 0 Å². The highest BCUT2D eigenvalue weighted by atomic mass is 32.2. The zero-order valence-electron chi connectivity index (χ0n) is 21.1. The average Bonchev–Trinajstić information content (AvgIpc) is 2.86. The second kappa shape index (κ2) is 11.6. The molecule has 0 aliphatic heterocycles. The Morgan fingerprint density at radius 1 is 0.886 bits per heavy atom.